The Morgan fingerprint density at radius 3 is 2.64 bits per heavy atom. The minimum Gasteiger partial charge on any atom is -0.496 e. The molecule has 0 spiro atoms. The highest BCUT2D eigenvalue weighted by atomic mass is 32.2. The molecule has 0 unspecified atom stereocenters. The summed E-state index contributed by atoms with van der Waals surface area (Å²) in [6, 6.07) is 13.1. The van der Waals surface area contributed by atoms with Crippen molar-refractivity contribution in [2.45, 2.75) is 19.1 Å². The first-order chi connectivity index (χ1) is 13.5. The smallest absolute Gasteiger partial charge is 0.342 e. The third-order valence-corrected chi connectivity index (χ3v) is 5.18. The highest BCUT2D eigenvalue weighted by Crippen LogP contribution is 2.33. The molecule has 0 radical (unpaired) electrons. The second-order valence-corrected chi connectivity index (χ2v) is 6.96. The summed E-state index contributed by atoms with van der Waals surface area (Å²) in [6.07, 6.45) is 1.58. The van der Waals surface area contributed by atoms with E-state index in [-0.39, 0.29) is 10.1 Å². The van der Waals surface area contributed by atoms with Gasteiger partial charge in [-0.15, -0.1) is 0 Å². The quantitative estimate of drug-likeness (QED) is 0.427. The minimum absolute atomic E-state index is 0.0976. The summed E-state index contributed by atoms with van der Waals surface area (Å²) in [5.41, 5.74) is 3.02. The summed E-state index contributed by atoms with van der Waals surface area (Å²) < 4.78 is 11.1. The Morgan fingerprint density at radius 1 is 1.25 bits per heavy atom. The number of rotatable bonds is 8. The van der Waals surface area contributed by atoms with Gasteiger partial charge in [0.05, 0.1) is 7.11 Å². The van der Waals surface area contributed by atoms with Gasteiger partial charge < -0.3 is 19.2 Å². The molecule has 0 saturated carbocycles. The Bertz CT molecular complexity index is 976. The molecule has 0 aliphatic carbocycles. The molecule has 0 atom stereocenters. The van der Waals surface area contributed by atoms with Crippen molar-refractivity contribution in [1.82, 2.24) is 4.98 Å². The molecule has 2 aromatic carbocycles. The molecule has 0 amide bonds. The molecule has 6 nitrogen and oxygen atoms in total. The van der Waals surface area contributed by atoms with Crippen LogP contribution in [-0.2, 0) is 4.79 Å². The molecule has 0 aliphatic heterocycles. The first kappa shape index (κ1) is 19.8. The molecule has 1 N–H and O–H groups in total. The topological polar surface area (TPSA) is 75.8 Å². The normalized spacial score (nSPS) is 11.6. The zero-order valence-electron chi connectivity index (χ0n) is 16.0. The lowest BCUT2D eigenvalue weighted by atomic mass is 10.1. The van der Waals surface area contributed by atoms with Crippen molar-refractivity contribution in [2.75, 3.05) is 25.1 Å². The Morgan fingerprint density at radius 2 is 2.00 bits per heavy atom. The summed E-state index contributed by atoms with van der Waals surface area (Å²) >= 11 is 0.974. The van der Waals surface area contributed by atoms with Gasteiger partial charge in [-0.2, -0.15) is 0 Å². The number of methoxy groups -OCH3 is 1. The zero-order valence-corrected chi connectivity index (χ0v) is 16.8. The SMILES string of the molecule is CCN(CC)c1ccc(/C=C(\Sc2nc3ccccc3o2)C(=O)O)c(OC)c1. The van der Waals surface area contributed by atoms with Crippen LogP contribution < -0.4 is 9.64 Å². The van der Waals surface area contributed by atoms with E-state index >= 15 is 0 Å². The van der Waals surface area contributed by atoms with E-state index in [0.29, 0.717) is 22.4 Å². The summed E-state index contributed by atoms with van der Waals surface area (Å²) in [5, 5.41) is 9.93. The lowest BCUT2D eigenvalue weighted by Crippen LogP contribution is -2.21. The molecule has 7 heteroatoms. The van der Waals surface area contributed by atoms with Crippen LogP contribution in [0, 0.1) is 0 Å². The number of carbonyl (C=O) groups is 1. The Labute approximate surface area is 167 Å². The maximum Gasteiger partial charge on any atom is 0.342 e. The summed E-state index contributed by atoms with van der Waals surface area (Å²) in [7, 11) is 1.58. The fraction of sp³-hybridized carbons (Fsp3) is 0.238. The number of hydrogen-bond acceptors (Lipinski definition) is 6. The van der Waals surface area contributed by atoms with Crippen molar-refractivity contribution in [3.8, 4) is 5.75 Å². The van der Waals surface area contributed by atoms with E-state index in [1.165, 1.54) is 0 Å². The van der Waals surface area contributed by atoms with Crippen LogP contribution >= 0.6 is 11.8 Å². The number of para-hydroxylation sites is 2. The standard InChI is InChI=1S/C21H22N2O4S/c1-4-23(5-2)15-11-10-14(18(13-15)26-3)12-19(20(24)25)28-21-22-16-8-6-7-9-17(16)27-21/h6-13H,4-5H2,1-3H3,(H,24,25)/b19-12-. The van der Waals surface area contributed by atoms with Crippen LogP contribution in [0.25, 0.3) is 17.2 Å². The second-order valence-electron chi connectivity index (χ2n) is 5.96. The van der Waals surface area contributed by atoms with Gasteiger partial charge in [0.25, 0.3) is 5.22 Å². The van der Waals surface area contributed by atoms with Crippen molar-refractivity contribution < 1.29 is 19.1 Å². The van der Waals surface area contributed by atoms with E-state index < -0.39 is 5.97 Å². The van der Waals surface area contributed by atoms with Gasteiger partial charge >= 0.3 is 5.97 Å². The van der Waals surface area contributed by atoms with E-state index in [2.05, 4.69) is 23.7 Å². The van der Waals surface area contributed by atoms with Gasteiger partial charge in [-0.25, -0.2) is 9.78 Å². The van der Waals surface area contributed by atoms with Gasteiger partial charge in [-0.3, -0.25) is 0 Å². The van der Waals surface area contributed by atoms with Gasteiger partial charge in [-0.05, 0) is 56.0 Å². The van der Waals surface area contributed by atoms with E-state index in [9.17, 15) is 9.90 Å². The molecule has 0 fully saturated rings. The fourth-order valence-electron chi connectivity index (χ4n) is 2.87. The van der Waals surface area contributed by atoms with Gasteiger partial charge in [0.15, 0.2) is 5.58 Å². The van der Waals surface area contributed by atoms with Gasteiger partial charge in [-0.1, -0.05) is 12.1 Å². The number of benzene rings is 2. The number of aromatic nitrogens is 1. The van der Waals surface area contributed by atoms with Crippen LogP contribution in [-0.4, -0.2) is 36.3 Å². The van der Waals surface area contributed by atoms with Gasteiger partial charge in [0, 0.05) is 30.4 Å². The first-order valence-corrected chi connectivity index (χ1v) is 9.78. The molecule has 3 aromatic rings. The van der Waals surface area contributed by atoms with Crippen LogP contribution in [0.4, 0.5) is 5.69 Å². The van der Waals surface area contributed by atoms with Gasteiger partial charge in [0.2, 0.25) is 0 Å². The van der Waals surface area contributed by atoms with Crippen molar-refractivity contribution in [2.24, 2.45) is 0 Å². The van der Waals surface area contributed by atoms with E-state index in [0.717, 1.165) is 30.5 Å². The van der Waals surface area contributed by atoms with E-state index in [4.69, 9.17) is 9.15 Å². The summed E-state index contributed by atoms with van der Waals surface area (Å²) in [4.78, 5) is 18.4. The average molecular weight is 398 g/mol. The zero-order chi connectivity index (χ0) is 20.1. The van der Waals surface area contributed by atoms with Crippen LogP contribution in [0.1, 0.15) is 19.4 Å². The molecule has 0 saturated heterocycles. The molecular weight excluding hydrogens is 376 g/mol. The van der Waals surface area contributed by atoms with Crippen LogP contribution in [0.2, 0.25) is 0 Å². The van der Waals surface area contributed by atoms with E-state index in [1.807, 2.05) is 36.4 Å². The number of anilines is 1. The molecule has 1 aromatic heterocycles. The minimum atomic E-state index is -1.05. The third-order valence-electron chi connectivity index (χ3n) is 4.31. The number of ether oxygens (including phenoxy) is 1. The highest BCUT2D eigenvalue weighted by Gasteiger charge is 2.16. The predicted octanol–water partition coefficient (Wildman–Crippen LogP) is 4.90. The van der Waals surface area contributed by atoms with Crippen molar-refractivity contribution in [1.29, 1.82) is 0 Å². The number of oxazole rings is 1. The molecule has 0 bridgehead atoms. The maximum atomic E-state index is 11.8. The predicted molar refractivity (Wildman–Crippen MR) is 112 cm³/mol. The summed E-state index contributed by atoms with van der Waals surface area (Å²) in [5.74, 6) is -0.441. The fourth-order valence-corrected chi connectivity index (χ4v) is 3.61. The number of thioether (sulfide) groups is 1. The number of fused-ring (bicyclic) bond motifs is 1. The van der Waals surface area contributed by atoms with Gasteiger partial charge in [0.1, 0.15) is 16.2 Å². The summed E-state index contributed by atoms with van der Waals surface area (Å²) in [6.45, 7) is 5.93. The number of aliphatic carboxylic acids is 1. The van der Waals surface area contributed by atoms with Crippen molar-refractivity contribution in [3.05, 3.63) is 52.9 Å². The van der Waals surface area contributed by atoms with Crippen LogP contribution in [0.3, 0.4) is 0 Å². The monoisotopic (exact) mass is 398 g/mol. The van der Waals surface area contributed by atoms with E-state index in [1.54, 1.807) is 19.3 Å². The molecule has 28 heavy (non-hydrogen) atoms. The third kappa shape index (κ3) is 4.31. The number of nitrogens with zero attached hydrogens (tertiary/aromatic N) is 2. The molecular formula is C21H22N2O4S. The Hall–Kier alpha value is -2.93. The van der Waals surface area contributed by atoms with Crippen LogP contribution in [0.5, 0.6) is 5.75 Å². The maximum absolute atomic E-state index is 11.8. The average Bonchev–Trinajstić information content (AvgIpc) is 3.11. The lowest BCUT2D eigenvalue weighted by Gasteiger charge is -2.22. The molecule has 1 heterocycles. The first-order valence-electron chi connectivity index (χ1n) is 8.97. The number of carboxylic acid groups (broad SMARTS) is 1. The molecule has 0 aliphatic rings. The van der Waals surface area contributed by atoms with Crippen molar-refractivity contribution >= 4 is 40.6 Å². The molecule has 146 valence electrons. The molecule has 3 rings (SSSR count). The van der Waals surface area contributed by atoms with Crippen LogP contribution in [0.15, 0.2) is 57.0 Å². The Balaban J connectivity index is 1.94. The second kappa shape index (κ2) is 8.84. The largest absolute Gasteiger partial charge is 0.496 e. The lowest BCUT2D eigenvalue weighted by molar-refractivity contribution is -0.131. The van der Waals surface area contributed by atoms with Crippen molar-refractivity contribution in [3.63, 3.8) is 0 Å². The highest BCUT2D eigenvalue weighted by molar-refractivity contribution is 8.03. The Kier molecular flexibility index (Phi) is 6.26. The number of carboxylic acids is 1. The number of hydrogen-bond donors (Lipinski definition) is 1.